The zero-order valence-electron chi connectivity index (χ0n) is 18.9. The maximum atomic E-state index is 12.3. The van der Waals surface area contributed by atoms with Crippen LogP contribution in [0.3, 0.4) is 0 Å². The second-order valence-electron chi connectivity index (χ2n) is 8.54. The van der Waals surface area contributed by atoms with Crippen molar-refractivity contribution in [1.29, 1.82) is 0 Å². The minimum absolute atomic E-state index is 0.0980. The van der Waals surface area contributed by atoms with Crippen LogP contribution in [0.4, 0.5) is 4.79 Å². The predicted octanol–water partition coefficient (Wildman–Crippen LogP) is 2.68. The highest BCUT2D eigenvalue weighted by Crippen LogP contribution is 2.37. The molecule has 1 N–H and O–H groups in total. The van der Waals surface area contributed by atoms with E-state index in [2.05, 4.69) is 11.9 Å². The number of esters is 1. The number of carbonyl (C=O) groups excluding carboxylic acids is 2. The van der Waals surface area contributed by atoms with E-state index < -0.39 is 48.1 Å². The number of ether oxygens (including phenoxy) is 6. The average molecular weight is 450 g/mol. The van der Waals surface area contributed by atoms with Crippen LogP contribution in [0.25, 0.3) is 0 Å². The van der Waals surface area contributed by atoms with Crippen LogP contribution in [-0.2, 0) is 39.8 Å². The van der Waals surface area contributed by atoms with Crippen LogP contribution in [-0.4, -0.2) is 61.2 Å². The van der Waals surface area contributed by atoms with E-state index in [0.717, 1.165) is 5.56 Å². The van der Waals surface area contributed by atoms with Gasteiger partial charge < -0.3 is 33.7 Å². The molecule has 9 heteroatoms. The van der Waals surface area contributed by atoms with Crippen molar-refractivity contribution in [2.75, 3.05) is 13.2 Å². The lowest BCUT2D eigenvalue weighted by Crippen LogP contribution is -2.45. The lowest BCUT2D eigenvalue weighted by atomic mass is 10.0. The normalized spacial score (nSPS) is 26.8. The van der Waals surface area contributed by atoms with Crippen LogP contribution >= 0.6 is 0 Å². The van der Waals surface area contributed by atoms with Gasteiger partial charge in [-0.15, -0.1) is 0 Å². The van der Waals surface area contributed by atoms with Crippen molar-refractivity contribution < 1.29 is 38.0 Å². The SMILES string of the molecule is C=C[C@@H](OC(=O)CNC(=O)OCc1ccccc1)[C@H]1OC(C)(C)O[C@@H]1[C@H]1COC(C)(C)O1. The molecule has 2 aliphatic rings. The molecular weight excluding hydrogens is 418 g/mol. The van der Waals surface area contributed by atoms with Gasteiger partial charge in [0.05, 0.1) is 6.61 Å². The standard InChI is InChI=1S/C23H31NO8/c1-6-16(19-20(32-23(4,5)31-19)17-14-28-22(2,3)30-17)29-18(25)12-24-21(26)27-13-15-10-8-7-9-11-15/h6-11,16-17,19-20H,1,12-14H2,2-5H3,(H,24,26)/t16-,17-,19-,20-/m1/s1. The summed E-state index contributed by atoms with van der Waals surface area (Å²) < 4.78 is 34.2. The maximum absolute atomic E-state index is 12.3. The second kappa shape index (κ2) is 9.99. The van der Waals surface area contributed by atoms with Gasteiger partial charge in [0.25, 0.3) is 0 Å². The number of carbonyl (C=O) groups is 2. The van der Waals surface area contributed by atoms with Gasteiger partial charge in [0, 0.05) is 0 Å². The molecule has 2 aliphatic heterocycles. The Balaban J connectivity index is 1.52. The van der Waals surface area contributed by atoms with E-state index in [9.17, 15) is 9.59 Å². The van der Waals surface area contributed by atoms with Gasteiger partial charge in [0.15, 0.2) is 11.6 Å². The van der Waals surface area contributed by atoms with Gasteiger partial charge in [-0.05, 0) is 39.3 Å². The Labute approximate surface area is 187 Å². The quantitative estimate of drug-likeness (QED) is 0.478. The predicted molar refractivity (Wildman–Crippen MR) is 113 cm³/mol. The van der Waals surface area contributed by atoms with Gasteiger partial charge in [0.2, 0.25) is 0 Å². The monoisotopic (exact) mass is 449 g/mol. The van der Waals surface area contributed by atoms with Crippen molar-refractivity contribution in [3.05, 3.63) is 48.6 Å². The van der Waals surface area contributed by atoms with Gasteiger partial charge in [-0.1, -0.05) is 36.9 Å². The number of amides is 1. The molecule has 0 spiro atoms. The molecule has 2 fully saturated rings. The molecular formula is C23H31NO8. The molecule has 3 rings (SSSR count). The molecule has 2 heterocycles. The number of hydrogen-bond acceptors (Lipinski definition) is 8. The molecule has 0 radical (unpaired) electrons. The van der Waals surface area contributed by atoms with Crippen molar-refractivity contribution in [3.8, 4) is 0 Å². The van der Waals surface area contributed by atoms with Crippen molar-refractivity contribution >= 4 is 12.1 Å². The van der Waals surface area contributed by atoms with Crippen LogP contribution in [0.2, 0.25) is 0 Å². The highest BCUT2D eigenvalue weighted by molar-refractivity contribution is 5.78. The molecule has 2 saturated heterocycles. The molecule has 0 unspecified atom stereocenters. The zero-order valence-corrected chi connectivity index (χ0v) is 18.9. The van der Waals surface area contributed by atoms with Crippen LogP contribution in [0.5, 0.6) is 0 Å². The van der Waals surface area contributed by atoms with E-state index in [4.69, 9.17) is 28.4 Å². The summed E-state index contributed by atoms with van der Waals surface area (Å²) in [5, 5.41) is 2.38. The summed E-state index contributed by atoms with van der Waals surface area (Å²) in [4.78, 5) is 24.2. The number of hydrogen-bond donors (Lipinski definition) is 1. The van der Waals surface area contributed by atoms with Crippen LogP contribution in [0.1, 0.15) is 33.3 Å². The number of benzene rings is 1. The molecule has 0 bridgehead atoms. The molecule has 1 aromatic carbocycles. The van der Waals surface area contributed by atoms with Crippen molar-refractivity contribution in [3.63, 3.8) is 0 Å². The van der Waals surface area contributed by atoms with Crippen molar-refractivity contribution in [1.82, 2.24) is 5.32 Å². The summed E-state index contributed by atoms with van der Waals surface area (Å²) in [5.41, 5.74) is 0.838. The Hall–Kier alpha value is -2.46. The average Bonchev–Trinajstić information content (AvgIpc) is 3.27. The van der Waals surface area contributed by atoms with E-state index in [1.165, 1.54) is 6.08 Å². The Kier molecular flexibility index (Phi) is 7.55. The van der Waals surface area contributed by atoms with Gasteiger partial charge >= 0.3 is 12.1 Å². The van der Waals surface area contributed by atoms with Crippen LogP contribution < -0.4 is 5.32 Å². The van der Waals surface area contributed by atoms with Gasteiger partial charge in [-0.25, -0.2) is 4.79 Å². The molecule has 4 atom stereocenters. The smallest absolute Gasteiger partial charge is 0.407 e. The third kappa shape index (κ3) is 6.52. The summed E-state index contributed by atoms with van der Waals surface area (Å²) in [6.45, 7) is 11.0. The van der Waals surface area contributed by atoms with Crippen molar-refractivity contribution in [2.24, 2.45) is 0 Å². The Morgan fingerprint density at radius 3 is 2.50 bits per heavy atom. The zero-order chi connectivity index (χ0) is 23.4. The third-order valence-corrected chi connectivity index (χ3v) is 4.97. The van der Waals surface area contributed by atoms with E-state index in [0.29, 0.717) is 6.61 Å². The fraction of sp³-hybridized carbons (Fsp3) is 0.565. The first kappa shape index (κ1) is 24.2. The third-order valence-electron chi connectivity index (χ3n) is 4.97. The van der Waals surface area contributed by atoms with Gasteiger partial charge in [-0.3, -0.25) is 4.79 Å². The molecule has 1 aromatic rings. The van der Waals surface area contributed by atoms with E-state index >= 15 is 0 Å². The first-order valence-electron chi connectivity index (χ1n) is 10.5. The van der Waals surface area contributed by atoms with Gasteiger partial charge in [-0.2, -0.15) is 0 Å². The maximum Gasteiger partial charge on any atom is 0.407 e. The highest BCUT2D eigenvalue weighted by Gasteiger charge is 2.52. The fourth-order valence-electron chi connectivity index (χ4n) is 3.60. The summed E-state index contributed by atoms with van der Waals surface area (Å²) in [7, 11) is 0. The Morgan fingerprint density at radius 1 is 1.16 bits per heavy atom. The van der Waals surface area contributed by atoms with Gasteiger partial charge in [0.1, 0.15) is 37.6 Å². The summed E-state index contributed by atoms with van der Waals surface area (Å²) >= 11 is 0. The van der Waals surface area contributed by atoms with Crippen LogP contribution in [0, 0.1) is 0 Å². The number of rotatable bonds is 8. The Morgan fingerprint density at radius 2 is 1.88 bits per heavy atom. The van der Waals surface area contributed by atoms with Crippen molar-refractivity contribution in [2.45, 2.75) is 70.3 Å². The van der Waals surface area contributed by atoms with E-state index in [-0.39, 0.29) is 13.2 Å². The first-order valence-corrected chi connectivity index (χ1v) is 10.5. The molecule has 0 saturated carbocycles. The number of alkyl carbamates (subject to hydrolysis) is 1. The fourth-order valence-corrected chi connectivity index (χ4v) is 3.60. The molecule has 1 amide bonds. The summed E-state index contributed by atoms with van der Waals surface area (Å²) in [6.07, 6.45) is -1.66. The molecule has 9 nitrogen and oxygen atoms in total. The first-order chi connectivity index (χ1) is 15.1. The summed E-state index contributed by atoms with van der Waals surface area (Å²) in [6, 6.07) is 9.22. The lowest BCUT2D eigenvalue weighted by Gasteiger charge is -2.27. The summed E-state index contributed by atoms with van der Waals surface area (Å²) in [5.74, 6) is -2.31. The van der Waals surface area contributed by atoms with E-state index in [1.807, 2.05) is 44.2 Å². The molecule has 176 valence electrons. The largest absolute Gasteiger partial charge is 0.454 e. The number of nitrogens with one attached hydrogen (secondary N) is 1. The molecule has 0 aromatic heterocycles. The Bertz CT molecular complexity index is 809. The molecule has 32 heavy (non-hydrogen) atoms. The minimum atomic E-state index is -0.904. The lowest BCUT2D eigenvalue weighted by molar-refractivity contribution is -0.175. The minimum Gasteiger partial charge on any atom is -0.454 e. The topological polar surface area (TPSA) is 102 Å². The van der Waals surface area contributed by atoms with Crippen LogP contribution in [0.15, 0.2) is 43.0 Å². The van der Waals surface area contributed by atoms with E-state index in [1.54, 1.807) is 13.8 Å². The second-order valence-corrected chi connectivity index (χ2v) is 8.54. The molecule has 0 aliphatic carbocycles. The highest BCUT2D eigenvalue weighted by atomic mass is 16.8.